The lowest BCUT2D eigenvalue weighted by atomic mass is 9.62. The molecule has 0 unspecified atom stereocenters. The molecule has 0 aliphatic heterocycles. The molecule has 152 valence electrons. The third-order valence-electron chi connectivity index (χ3n) is 6.85. The monoisotopic (exact) mass is 400 g/mol. The van der Waals surface area contributed by atoms with Crippen LogP contribution in [0.4, 0.5) is 0 Å². The van der Waals surface area contributed by atoms with Crippen molar-refractivity contribution in [3.05, 3.63) is 148 Å². The van der Waals surface area contributed by atoms with Gasteiger partial charge < -0.3 is 0 Å². The van der Waals surface area contributed by atoms with E-state index >= 15 is 0 Å². The Balaban J connectivity index is 1.92. The van der Waals surface area contributed by atoms with Crippen molar-refractivity contribution < 1.29 is 0 Å². The van der Waals surface area contributed by atoms with Crippen molar-refractivity contribution in [2.75, 3.05) is 0 Å². The maximum atomic E-state index is 2.35. The van der Waals surface area contributed by atoms with Crippen LogP contribution in [0, 0.1) is 0 Å². The number of rotatable bonds is 5. The molecule has 3 aromatic carbocycles. The van der Waals surface area contributed by atoms with Gasteiger partial charge in [0.2, 0.25) is 0 Å². The first kappa shape index (κ1) is 19.6. The lowest BCUT2D eigenvalue weighted by molar-refractivity contribution is 0.702. The van der Waals surface area contributed by atoms with Crippen LogP contribution in [0.5, 0.6) is 0 Å². The average molecular weight is 401 g/mol. The summed E-state index contributed by atoms with van der Waals surface area (Å²) in [5.74, 6) is 0. The summed E-state index contributed by atoms with van der Waals surface area (Å²) in [4.78, 5) is 0. The normalized spacial score (nSPS) is 15.9. The molecule has 0 heteroatoms. The van der Waals surface area contributed by atoms with Gasteiger partial charge in [0.15, 0.2) is 0 Å². The van der Waals surface area contributed by atoms with E-state index in [0.29, 0.717) is 0 Å². The van der Waals surface area contributed by atoms with Gasteiger partial charge in [-0.2, -0.15) is 0 Å². The zero-order valence-electron chi connectivity index (χ0n) is 18.3. The average Bonchev–Trinajstić information content (AvgIpc) is 3.45. The Labute approximate surface area is 186 Å². The topological polar surface area (TPSA) is 0 Å². The van der Waals surface area contributed by atoms with E-state index in [2.05, 4.69) is 123 Å². The molecular formula is C31H28. The molecule has 0 radical (unpaired) electrons. The molecule has 0 saturated heterocycles. The van der Waals surface area contributed by atoms with E-state index in [1.165, 1.54) is 44.5 Å². The van der Waals surface area contributed by atoms with Crippen molar-refractivity contribution in [2.24, 2.45) is 0 Å². The zero-order chi connectivity index (χ0) is 21.3. The van der Waals surface area contributed by atoms with Crippen LogP contribution < -0.4 is 0 Å². The molecular weight excluding hydrogens is 372 g/mol. The van der Waals surface area contributed by atoms with Gasteiger partial charge in [-0.1, -0.05) is 115 Å². The summed E-state index contributed by atoms with van der Waals surface area (Å²) in [6, 6.07) is 31.2. The first-order chi connectivity index (χ1) is 15.2. The van der Waals surface area contributed by atoms with Crippen LogP contribution in [0.1, 0.15) is 48.9 Å². The second kappa shape index (κ2) is 8.04. The van der Waals surface area contributed by atoms with E-state index in [0.717, 1.165) is 12.8 Å². The van der Waals surface area contributed by atoms with Crippen LogP contribution in [-0.2, 0) is 5.41 Å². The van der Waals surface area contributed by atoms with Crippen molar-refractivity contribution >= 4 is 5.57 Å². The summed E-state index contributed by atoms with van der Waals surface area (Å²) in [7, 11) is 0. The minimum absolute atomic E-state index is 0.331. The number of hydrogen-bond donors (Lipinski definition) is 0. The van der Waals surface area contributed by atoms with Crippen LogP contribution in [0.2, 0.25) is 0 Å². The second-order valence-electron chi connectivity index (χ2n) is 8.56. The molecule has 0 fully saturated rings. The van der Waals surface area contributed by atoms with Crippen molar-refractivity contribution in [3.8, 4) is 0 Å². The molecule has 0 heterocycles. The molecule has 0 saturated carbocycles. The van der Waals surface area contributed by atoms with E-state index < -0.39 is 0 Å². The summed E-state index contributed by atoms with van der Waals surface area (Å²) in [6.45, 7) is 4.51. The second-order valence-corrected chi connectivity index (χ2v) is 8.56. The summed E-state index contributed by atoms with van der Waals surface area (Å²) >= 11 is 0. The predicted molar refractivity (Wildman–Crippen MR) is 132 cm³/mol. The zero-order valence-corrected chi connectivity index (χ0v) is 18.3. The van der Waals surface area contributed by atoms with E-state index in [9.17, 15) is 0 Å². The highest BCUT2D eigenvalue weighted by molar-refractivity contribution is 5.79. The number of hydrogen-bond acceptors (Lipinski definition) is 0. The summed E-state index contributed by atoms with van der Waals surface area (Å²) in [5, 5.41) is 0. The smallest absolute Gasteiger partial charge is 0.0675 e. The number of benzene rings is 3. The largest absolute Gasteiger partial charge is 0.0801 e. The van der Waals surface area contributed by atoms with Crippen molar-refractivity contribution in [1.82, 2.24) is 0 Å². The fourth-order valence-corrected chi connectivity index (χ4v) is 5.44. The summed E-state index contributed by atoms with van der Waals surface area (Å²) < 4.78 is 0. The Morgan fingerprint density at radius 3 is 1.68 bits per heavy atom. The molecule has 5 rings (SSSR count). The van der Waals surface area contributed by atoms with E-state index in [1.54, 1.807) is 0 Å². The molecule has 3 aromatic rings. The Bertz CT molecular complexity index is 1180. The minimum atomic E-state index is -0.331. The van der Waals surface area contributed by atoms with Crippen LogP contribution in [0.15, 0.2) is 126 Å². The van der Waals surface area contributed by atoms with Crippen molar-refractivity contribution in [1.29, 1.82) is 0 Å². The van der Waals surface area contributed by atoms with Gasteiger partial charge in [0.1, 0.15) is 0 Å². The Hall–Kier alpha value is -3.38. The quantitative estimate of drug-likeness (QED) is 0.380. The fraction of sp³-hybridized carbons (Fsp3) is 0.161. The Morgan fingerprint density at radius 1 is 0.581 bits per heavy atom. The van der Waals surface area contributed by atoms with Gasteiger partial charge in [0.25, 0.3) is 0 Å². The fourth-order valence-electron chi connectivity index (χ4n) is 5.44. The molecule has 31 heavy (non-hydrogen) atoms. The molecule has 0 N–H and O–H groups in total. The predicted octanol–water partition coefficient (Wildman–Crippen LogP) is 8.03. The summed E-state index contributed by atoms with van der Waals surface area (Å²) in [5.41, 5.74) is 10.7. The molecule has 2 aliphatic carbocycles. The van der Waals surface area contributed by atoms with Gasteiger partial charge in [-0.25, -0.2) is 0 Å². The van der Waals surface area contributed by atoms with Gasteiger partial charge in [-0.3, -0.25) is 0 Å². The first-order valence-corrected chi connectivity index (χ1v) is 11.2. The third-order valence-corrected chi connectivity index (χ3v) is 6.85. The highest BCUT2D eigenvalue weighted by atomic mass is 14.4. The number of allylic oxidation sites excluding steroid dienone is 8. The highest BCUT2D eigenvalue weighted by Crippen LogP contribution is 2.51. The maximum absolute atomic E-state index is 2.35. The highest BCUT2D eigenvalue weighted by Gasteiger charge is 2.42. The molecule has 0 amide bonds. The third kappa shape index (κ3) is 3.15. The van der Waals surface area contributed by atoms with Crippen molar-refractivity contribution in [2.45, 2.75) is 32.1 Å². The van der Waals surface area contributed by atoms with Crippen molar-refractivity contribution in [3.63, 3.8) is 0 Å². The van der Waals surface area contributed by atoms with Crippen LogP contribution in [-0.4, -0.2) is 0 Å². The van der Waals surface area contributed by atoms with Gasteiger partial charge in [-0.15, -0.1) is 0 Å². The lowest BCUT2D eigenvalue weighted by Gasteiger charge is -2.40. The van der Waals surface area contributed by atoms with Crippen LogP contribution >= 0.6 is 0 Å². The molecule has 0 nitrogen and oxygen atoms in total. The minimum Gasteiger partial charge on any atom is -0.0801 e. The van der Waals surface area contributed by atoms with E-state index in [1.807, 2.05) is 0 Å². The van der Waals surface area contributed by atoms with E-state index in [-0.39, 0.29) is 5.41 Å². The Kier molecular flexibility index (Phi) is 5.08. The van der Waals surface area contributed by atoms with Gasteiger partial charge in [0, 0.05) is 0 Å². The van der Waals surface area contributed by atoms with Crippen LogP contribution in [0.3, 0.4) is 0 Å². The van der Waals surface area contributed by atoms with Gasteiger partial charge >= 0.3 is 0 Å². The van der Waals surface area contributed by atoms with E-state index in [4.69, 9.17) is 0 Å². The Morgan fingerprint density at radius 2 is 1.13 bits per heavy atom. The van der Waals surface area contributed by atoms with Crippen LogP contribution in [0.25, 0.3) is 5.57 Å². The molecule has 2 aliphatic rings. The lowest BCUT2D eigenvalue weighted by Crippen LogP contribution is -2.33. The molecule has 0 aromatic heterocycles. The first-order valence-electron chi connectivity index (χ1n) is 11.2. The maximum Gasteiger partial charge on any atom is 0.0675 e. The van der Waals surface area contributed by atoms with Gasteiger partial charge in [0.05, 0.1) is 5.41 Å². The van der Waals surface area contributed by atoms with Gasteiger partial charge in [-0.05, 0) is 65.7 Å². The molecule has 0 spiro atoms. The summed E-state index contributed by atoms with van der Waals surface area (Å²) in [6.07, 6.45) is 11.1. The SMILES string of the molecule is CC1=C(c2ccccc2C(C2=C(C)C=CC2)(c2ccccc2)c2ccccc2)CC=C1. The molecule has 0 bridgehead atoms. The standard InChI is InChI=1S/C31H28/c1-23-13-11-20-27(23)28-19-9-10-21-30(28)31(25-15-5-3-6-16-25,26-17-7-4-8-18-26)29-22-12-14-24(29)2/h3-19,21H,20,22H2,1-2H3. The molecule has 0 atom stereocenters.